The lowest BCUT2D eigenvalue weighted by atomic mass is 10.1. The molecular weight excluding hydrogens is 258 g/mol. The van der Waals surface area contributed by atoms with Crippen LogP contribution in [0.15, 0.2) is 18.2 Å². The molecule has 1 aliphatic heterocycles. The van der Waals surface area contributed by atoms with Crippen LogP contribution in [0, 0.1) is 6.92 Å². The van der Waals surface area contributed by atoms with Gasteiger partial charge in [0.15, 0.2) is 0 Å². The van der Waals surface area contributed by atoms with Crippen molar-refractivity contribution in [1.29, 1.82) is 0 Å². The number of thioether (sulfide) groups is 1. The highest BCUT2D eigenvalue weighted by Crippen LogP contribution is 2.31. The van der Waals surface area contributed by atoms with Crippen LogP contribution in [0.5, 0.6) is 5.75 Å². The second-order valence-electron chi connectivity index (χ2n) is 5.60. The summed E-state index contributed by atoms with van der Waals surface area (Å²) in [7, 11) is 0. The molecule has 3 nitrogen and oxygen atoms in total. The van der Waals surface area contributed by atoms with Gasteiger partial charge in [0, 0.05) is 34.7 Å². The van der Waals surface area contributed by atoms with E-state index < -0.39 is 0 Å². The highest BCUT2D eigenvalue weighted by molar-refractivity contribution is 8.00. The Morgan fingerprint density at radius 3 is 2.84 bits per heavy atom. The smallest absolute Gasteiger partial charge is 0.254 e. The number of phenolic OH excluding ortho intramolecular Hbond substituents is 1. The van der Waals surface area contributed by atoms with E-state index in [1.807, 2.05) is 16.7 Å². The molecule has 2 rings (SSSR count). The number of aromatic hydroxyl groups is 1. The molecule has 19 heavy (non-hydrogen) atoms. The molecule has 1 heterocycles. The number of benzene rings is 1. The van der Waals surface area contributed by atoms with Crippen LogP contribution < -0.4 is 0 Å². The van der Waals surface area contributed by atoms with Crippen LogP contribution in [-0.4, -0.2) is 39.5 Å². The molecule has 1 amide bonds. The van der Waals surface area contributed by atoms with E-state index in [1.54, 1.807) is 25.1 Å². The van der Waals surface area contributed by atoms with Gasteiger partial charge in [-0.1, -0.05) is 19.9 Å². The number of hydrogen-bond donors (Lipinski definition) is 1. The molecule has 1 aliphatic rings. The SMILES string of the molecule is Cc1c(O)cccc1C(=O)N1CCSC(C)(C)CC1. The normalized spacial score (nSPS) is 19.0. The number of hydrogen-bond acceptors (Lipinski definition) is 3. The van der Waals surface area contributed by atoms with Gasteiger partial charge in [0.2, 0.25) is 0 Å². The molecule has 1 fully saturated rings. The van der Waals surface area contributed by atoms with Crippen molar-refractivity contribution >= 4 is 17.7 Å². The van der Waals surface area contributed by atoms with Gasteiger partial charge in [-0.25, -0.2) is 0 Å². The van der Waals surface area contributed by atoms with Gasteiger partial charge >= 0.3 is 0 Å². The van der Waals surface area contributed by atoms with E-state index in [-0.39, 0.29) is 16.4 Å². The molecule has 1 aromatic rings. The van der Waals surface area contributed by atoms with Crippen molar-refractivity contribution in [3.05, 3.63) is 29.3 Å². The zero-order valence-electron chi connectivity index (χ0n) is 11.8. The average Bonchev–Trinajstić information content (AvgIpc) is 2.53. The Morgan fingerprint density at radius 1 is 1.37 bits per heavy atom. The lowest BCUT2D eigenvalue weighted by molar-refractivity contribution is 0.0763. The van der Waals surface area contributed by atoms with Gasteiger partial charge in [-0.2, -0.15) is 11.8 Å². The molecule has 1 aromatic carbocycles. The summed E-state index contributed by atoms with van der Waals surface area (Å²) in [5.74, 6) is 1.19. The van der Waals surface area contributed by atoms with E-state index in [0.29, 0.717) is 11.1 Å². The van der Waals surface area contributed by atoms with Crippen molar-refractivity contribution in [3.8, 4) is 5.75 Å². The summed E-state index contributed by atoms with van der Waals surface area (Å²) in [4.78, 5) is 14.4. The Bertz CT molecular complexity index is 485. The van der Waals surface area contributed by atoms with Gasteiger partial charge < -0.3 is 10.0 Å². The van der Waals surface area contributed by atoms with Gasteiger partial charge in [-0.15, -0.1) is 0 Å². The number of rotatable bonds is 1. The highest BCUT2D eigenvalue weighted by Gasteiger charge is 2.27. The Morgan fingerprint density at radius 2 is 2.11 bits per heavy atom. The molecule has 0 aromatic heterocycles. The second kappa shape index (κ2) is 5.45. The maximum atomic E-state index is 12.5. The Hall–Kier alpha value is -1.16. The second-order valence-corrected chi connectivity index (χ2v) is 7.40. The quantitative estimate of drug-likeness (QED) is 0.859. The van der Waals surface area contributed by atoms with E-state index in [1.165, 1.54) is 0 Å². The predicted octanol–water partition coefficient (Wildman–Crippen LogP) is 3.06. The lowest BCUT2D eigenvalue weighted by Gasteiger charge is -2.23. The topological polar surface area (TPSA) is 40.5 Å². The first kappa shape index (κ1) is 14.3. The fourth-order valence-corrected chi connectivity index (χ4v) is 3.35. The van der Waals surface area contributed by atoms with Crippen LogP contribution in [0.25, 0.3) is 0 Å². The number of amides is 1. The molecule has 0 radical (unpaired) electrons. The standard InChI is InChI=1S/C15H21NO2S/c1-11-12(5-4-6-13(11)17)14(18)16-8-7-15(2,3)19-10-9-16/h4-6,17H,7-10H2,1-3H3. The third kappa shape index (κ3) is 3.24. The molecule has 104 valence electrons. The van der Waals surface area contributed by atoms with E-state index in [9.17, 15) is 9.90 Å². The van der Waals surface area contributed by atoms with E-state index >= 15 is 0 Å². The van der Waals surface area contributed by atoms with Crippen LogP contribution in [0.1, 0.15) is 36.2 Å². The maximum absolute atomic E-state index is 12.5. The number of carbonyl (C=O) groups is 1. The van der Waals surface area contributed by atoms with Gasteiger partial charge in [0.25, 0.3) is 5.91 Å². The van der Waals surface area contributed by atoms with Crippen molar-refractivity contribution in [2.24, 2.45) is 0 Å². The van der Waals surface area contributed by atoms with Gasteiger partial charge in [-0.05, 0) is 25.5 Å². The van der Waals surface area contributed by atoms with E-state index in [4.69, 9.17) is 0 Å². The van der Waals surface area contributed by atoms with Crippen LogP contribution in [0.3, 0.4) is 0 Å². The molecule has 4 heteroatoms. The Balaban J connectivity index is 2.18. The minimum Gasteiger partial charge on any atom is -0.508 e. The minimum atomic E-state index is 0.0340. The third-order valence-electron chi connectivity index (χ3n) is 3.66. The summed E-state index contributed by atoms with van der Waals surface area (Å²) in [6, 6.07) is 5.14. The first-order chi connectivity index (χ1) is 8.91. The van der Waals surface area contributed by atoms with E-state index in [0.717, 1.165) is 25.3 Å². The summed E-state index contributed by atoms with van der Waals surface area (Å²) in [5, 5.41) is 9.71. The van der Waals surface area contributed by atoms with Crippen molar-refractivity contribution in [2.75, 3.05) is 18.8 Å². The number of phenols is 1. The first-order valence-electron chi connectivity index (χ1n) is 6.62. The van der Waals surface area contributed by atoms with Crippen LogP contribution in [-0.2, 0) is 0 Å². The summed E-state index contributed by atoms with van der Waals surface area (Å²) >= 11 is 1.92. The molecule has 1 saturated heterocycles. The summed E-state index contributed by atoms with van der Waals surface area (Å²) < 4.78 is 0.239. The summed E-state index contributed by atoms with van der Waals surface area (Å²) in [6.07, 6.45) is 1.00. The summed E-state index contributed by atoms with van der Waals surface area (Å²) in [6.45, 7) is 7.81. The molecular formula is C15H21NO2S. The molecule has 0 saturated carbocycles. The average molecular weight is 279 g/mol. The third-order valence-corrected chi connectivity index (χ3v) is 5.03. The van der Waals surface area contributed by atoms with Crippen molar-refractivity contribution in [2.45, 2.75) is 31.9 Å². The van der Waals surface area contributed by atoms with Crippen molar-refractivity contribution in [1.82, 2.24) is 4.90 Å². The van der Waals surface area contributed by atoms with Gasteiger partial charge in [0.1, 0.15) is 5.75 Å². The Kier molecular flexibility index (Phi) is 4.09. The monoisotopic (exact) mass is 279 g/mol. The van der Waals surface area contributed by atoms with Gasteiger partial charge in [0.05, 0.1) is 0 Å². The summed E-state index contributed by atoms with van der Waals surface area (Å²) in [5.41, 5.74) is 1.29. The number of nitrogens with zero attached hydrogens (tertiary/aromatic N) is 1. The predicted molar refractivity (Wildman–Crippen MR) is 79.9 cm³/mol. The maximum Gasteiger partial charge on any atom is 0.254 e. The zero-order chi connectivity index (χ0) is 14.0. The van der Waals surface area contributed by atoms with Crippen molar-refractivity contribution < 1.29 is 9.90 Å². The molecule has 0 aliphatic carbocycles. The van der Waals surface area contributed by atoms with Crippen LogP contribution >= 0.6 is 11.8 Å². The number of carbonyl (C=O) groups excluding carboxylic acids is 1. The van der Waals surface area contributed by atoms with Crippen LogP contribution in [0.2, 0.25) is 0 Å². The lowest BCUT2D eigenvalue weighted by Crippen LogP contribution is -2.34. The Labute approximate surface area is 119 Å². The fourth-order valence-electron chi connectivity index (χ4n) is 2.25. The zero-order valence-corrected chi connectivity index (χ0v) is 12.6. The molecule has 0 spiro atoms. The molecule has 0 unspecified atom stereocenters. The molecule has 1 N–H and O–H groups in total. The molecule has 0 bridgehead atoms. The minimum absolute atomic E-state index is 0.0340. The largest absolute Gasteiger partial charge is 0.508 e. The fraction of sp³-hybridized carbons (Fsp3) is 0.533. The molecule has 0 atom stereocenters. The first-order valence-corrected chi connectivity index (χ1v) is 7.61. The van der Waals surface area contributed by atoms with E-state index in [2.05, 4.69) is 13.8 Å². The van der Waals surface area contributed by atoms with Crippen LogP contribution in [0.4, 0.5) is 0 Å². The highest BCUT2D eigenvalue weighted by atomic mass is 32.2. The van der Waals surface area contributed by atoms with Crippen molar-refractivity contribution in [3.63, 3.8) is 0 Å². The van der Waals surface area contributed by atoms with Gasteiger partial charge in [-0.3, -0.25) is 4.79 Å².